The molecule has 0 bridgehead atoms. The van der Waals surface area contributed by atoms with Gasteiger partial charge in [-0.25, -0.2) is 4.98 Å². The van der Waals surface area contributed by atoms with E-state index in [1.165, 1.54) is 5.56 Å². The van der Waals surface area contributed by atoms with Crippen LogP contribution < -0.4 is 4.74 Å². The summed E-state index contributed by atoms with van der Waals surface area (Å²) < 4.78 is 8.28. The first-order valence-electron chi connectivity index (χ1n) is 12.6. The van der Waals surface area contributed by atoms with Crippen molar-refractivity contribution in [3.05, 3.63) is 94.8 Å². The molecule has 37 heavy (non-hydrogen) atoms. The topological polar surface area (TPSA) is 81.5 Å². The Morgan fingerprint density at radius 1 is 0.946 bits per heavy atom. The normalized spacial score (nSPS) is 17.5. The highest BCUT2D eigenvalue weighted by Crippen LogP contribution is 2.34. The fourth-order valence-electron chi connectivity index (χ4n) is 5.35. The van der Waals surface area contributed by atoms with Crippen molar-refractivity contribution in [1.82, 2.24) is 14.5 Å². The summed E-state index contributed by atoms with van der Waals surface area (Å²) >= 11 is 0. The number of ketones is 2. The summed E-state index contributed by atoms with van der Waals surface area (Å²) in [6.45, 7) is 0.694. The van der Waals surface area contributed by atoms with Gasteiger partial charge in [-0.05, 0) is 41.8 Å². The van der Waals surface area contributed by atoms with E-state index in [0.717, 1.165) is 34.4 Å². The molecule has 1 fully saturated rings. The van der Waals surface area contributed by atoms with Crippen molar-refractivity contribution >= 4 is 28.5 Å². The van der Waals surface area contributed by atoms with Crippen LogP contribution in [0.3, 0.4) is 0 Å². The van der Waals surface area contributed by atoms with Gasteiger partial charge in [-0.1, -0.05) is 42.5 Å². The maximum atomic E-state index is 13.0. The highest BCUT2D eigenvalue weighted by Gasteiger charge is 2.39. The smallest absolute Gasteiger partial charge is 0.255 e. The molecule has 0 spiro atoms. The number of nitrogens with zero attached hydrogens (tertiary/aromatic N) is 3. The van der Waals surface area contributed by atoms with Crippen LogP contribution in [0.4, 0.5) is 0 Å². The van der Waals surface area contributed by atoms with Gasteiger partial charge in [-0.3, -0.25) is 14.4 Å². The number of hydrogen-bond acceptors (Lipinski definition) is 5. The molecule has 7 heteroatoms. The molecule has 1 aliphatic heterocycles. The van der Waals surface area contributed by atoms with Gasteiger partial charge in [0, 0.05) is 31.0 Å². The van der Waals surface area contributed by atoms with E-state index >= 15 is 0 Å². The molecular weight excluding hydrogens is 466 g/mol. The highest BCUT2D eigenvalue weighted by atomic mass is 16.5. The molecule has 4 aromatic rings. The Morgan fingerprint density at radius 2 is 1.73 bits per heavy atom. The molecule has 0 saturated heterocycles. The Balaban J connectivity index is 1.13. The predicted octanol–water partition coefficient (Wildman–Crippen LogP) is 4.39. The van der Waals surface area contributed by atoms with Gasteiger partial charge in [0.25, 0.3) is 5.91 Å². The van der Waals surface area contributed by atoms with Crippen molar-refractivity contribution in [3.63, 3.8) is 0 Å². The number of benzene rings is 3. The third-order valence-corrected chi connectivity index (χ3v) is 7.43. The van der Waals surface area contributed by atoms with Crippen LogP contribution in [0.2, 0.25) is 0 Å². The molecule has 2 aliphatic rings. The minimum atomic E-state index is -0.533. The maximum Gasteiger partial charge on any atom is 0.255 e. The molecule has 3 aromatic carbocycles. The Kier molecular flexibility index (Phi) is 5.83. The molecule has 1 atom stereocenters. The van der Waals surface area contributed by atoms with E-state index in [9.17, 15) is 14.4 Å². The van der Waals surface area contributed by atoms with Crippen molar-refractivity contribution in [3.8, 4) is 5.75 Å². The van der Waals surface area contributed by atoms with Crippen molar-refractivity contribution < 1.29 is 19.1 Å². The van der Waals surface area contributed by atoms with Gasteiger partial charge in [0.15, 0.2) is 5.78 Å². The summed E-state index contributed by atoms with van der Waals surface area (Å²) in [6.07, 6.45) is 1.39. The lowest BCUT2D eigenvalue weighted by atomic mass is 9.92. The van der Waals surface area contributed by atoms with Crippen LogP contribution >= 0.6 is 0 Å². The number of ether oxygens (including phenoxy) is 1. The number of Topliss-reactive ketones (excluding diaryl/α,β-unsaturated/α-hetero) is 2. The zero-order chi connectivity index (χ0) is 25.5. The molecule has 1 aromatic heterocycles. The lowest BCUT2D eigenvalue weighted by Gasteiger charge is -2.29. The summed E-state index contributed by atoms with van der Waals surface area (Å²) in [5, 5.41) is 0. The standard InChI is InChI=1S/C30H27N3O4/c1-32-25-7-3-2-6-24(25)31-29(32)15-19-9-11-20(12-10-19)18-37-28-8-4-5-22-23(28)17-33(30(22)36)26-14-13-21(34)16-27(26)35/h2-12,26H,13-18H2,1H3. The quantitative estimate of drug-likeness (QED) is 0.372. The highest BCUT2D eigenvalue weighted by molar-refractivity contribution is 6.07. The first-order valence-corrected chi connectivity index (χ1v) is 12.6. The monoisotopic (exact) mass is 493 g/mol. The van der Waals surface area contributed by atoms with E-state index in [0.29, 0.717) is 37.3 Å². The molecule has 1 unspecified atom stereocenters. The van der Waals surface area contributed by atoms with E-state index in [1.54, 1.807) is 11.0 Å². The van der Waals surface area contributed by atoms with E-state index in [2.05, 4.69) is 34.9 Å². The summed E-state index contributed by atoms with van der Waals surface area (Å²) in [5.41, 5.74) is 5.68. The van der Waals surface area contributed by atoms with Crippen molar-refractivity contribution in [2.75, 3.05) is 0 Å². The minimum absolute atomic E-state index is 0.0474. The molecule has 186 valence electrons. The molecule has 1 amide bonds. The first-order chi connectivity index (χ1) is 18.0. The number of fused-ring (bicyclic) bond motifs is 2. The van der Waals surface area contributed by atoms with Crippen LogP contribution in [0.1, 0.15) is 52.1 Å². The zero-order valence-electron chi connectivity index (χ0n) is 20.6. The zero-order valence-corrected chi connectivity index (χ0v) is 20.6. The SMILES string of the molecule is Cn1c(Cc2ccc(COc3cccc4c3CN(C3CCC(=O)CC3=O)C4=O)cc2)nc2ccccc21. The van der Waals surface area contributed by atoms with Gasteiger partial charge in [0.05, 0.1) is 30.0 Å². The second kappa shape index (κ2) is 9.32. The third-order valence-electron chi connectivity index (χ3n) is 7.43. The Labute approximate surface area is 214 Å². The molecule has 2 heterocycles. The lowest BCUT2D eigenvalue weighted by Crippen LogP contribution is -2.44. The number of aryl methyl sites for hydroxylation is 1. The van der Waals surface area contributed by atoms with Crippen molar-refractivity contribution in [2.24, 2.45) is 7.05 Å². The molecule has 1 aliphatic carbocycles. The number of amides is 1. The van der Waals surface area contributed by atoms with Crippen molar-refractivity contribution in [2.45, 2.75) is 44.9 Å². The second-order valence-electron chi connectivity index (χ2n) is 9.81. The van der Waals surface area contributed by atoms with Crippen LogP contribution in [-0.4, -0.2) is 38.0 Å². The predicted molar refractivity (Wildman–Crippen MR) is 138 cm³/mol. The molecule has 1 saturated carbocycles. The van der Waals surface area contributed by atoms with E-state index in [1.807, 2.05) is 37.4 Å². The van der Waals surface area contributed by atoms with Crippen LogP contribution in [0.15, 0.2) is 66.7 Å². The molecule has 0 radical (unpaired) electrons. The Hall–Kier alpha value is -4.26. The number of imidazole rings is 1. The largest absolute Gasteiger partial charge is 0.489 e. The lowest BCUT2D eigenvalue weighted by molar-refractivity contribution is -0.133. The van der Waals surface area contributed by atoms with Crippen LogP contribution in [0, 0.1) is 0 Å². The fraction of sp³-hybridized carbons (Fsp3) is 0.267. The number of carbonyl (C=O) groups is 3. The van der Waals surface area contributed by atoms with Crippen LogP contribution in [0.25, 0.3) is 11.0 Å². The maximum absolute atomic E-state index is 13.0. The van der Waals surface area contributed by atoms with Crippen LogP contribution in [0.5, 0.6) is 5.75 Å². The van der Waals surface area contributed by atoms with E-state index in [-0.39, 0.29) is 23.9 Å². The van der Waals surface area contributed by atoms with Crippen molar-refractivity contribution in [1.29, 1.82) is 0 Å². The number of carbonyl (C=O) groups excluding carboxylic acids is 3. The van der Waals surface area contributed by atoms with Gasteiger partial charge >= 0.3 is 0 Å². The number of aromatic nitrogens is 2. The first kappa shape index (κ1) is 23.2. The number of rotatable bonds is 6. The molecule has 6 rings (SSSR count). The van der Waals surface area contributed by atoms with Gasteiger partial charge in [-0.2, -0.15) is 0 Å². The fourth-order valence-corrected chi connectivity index (χ4v) is 5.35. The van der Waals surface area contributed by atoms with Gasteiger partial charge < -0.3 is 14.2 Å². The van der Waals surface area contributed by atoms with Gasteiger partial charge in [0.1, 0.15) is 24.0 Å². The second-order valence-corrected chi connectivity index (χ2v) is 9.81. The Bertz CT molecular complexity index is 1540. The van der Waals surface area contributed by atoms with E-state index < -0.39 is 6.04 Å². The minimum Gasteiger partial charge on any atom is -0.489 e. The van der Waals surface area contributed by atoms with Crippen LogP contribution in [-0.2, 0) is 36.2 Å². The summed E-state index contributed by atoms with van der Waals surface area (Å²) in [5.74, 6) is 1.28. The summed E-state index contributed by atoms with van der Waals surface area (Å²) in [7, 11) is 2.04. The number of hydrogen-bond donors (Lipinski definition) is 0. The molecular formula is C30H27N3O4. The van der Waals surface area contributed by atoms with Gasteiger partial charge in [-0.15, -0.1) is 0 Å². The van der Waals surface area contributed by atoms with E-state index in [4.69, 9.17) is 9.72 Å². The molecule has 0 N–H and O–H groups in total. The summed E-state index contributed by atoms with van der Waals surface area (Å²) in [4.78, 5) is 43.5. The average Bonchev–Trinajstić information content (AvgIpc) is 3.40. The summed E-state index contributed by atoms with van der Waals surface area (Å²) in [6, 6.07) is 21.3. The number of para-hydroxylation sites is 2. The average molecular weight is 494 g/mol. The third kappa shape index (κ3) is 4.31. The molecule has 7 nitrogen and oxygen atoms in total. The Morgan fingerprint density at radius 3 is 2.51 bits per heavy atom. The van der Waals surface area contributed by atoms with Gasteiger partial charge in [0.2, 0.25) is 0 Å².